The Morgan fingerprint density at radius 2 is 1.28 bits per heavy atom. The number of carbonyl (C=O) groups is 5. The Labute approximate surface area is 385 Å². The molecule has 8 rings (SSSR count). The molecule has 340 valence electrons. The monoisotopic (exact) mass is 913 g/mol. The van der Waals surface area contributed by atoms with Gasteiger partial charge in [0, 0.05) is 82.1 Å². The first-order valence-corrected chi connectivity index (χ1v) is 20.9. The quantitative estimate of drug-likeness (QED) is 0.0264. The fourth-order valence-electron chi connectivity index (χ4n) is 7.97. The molecule has 4 aromatic carbocycles. The Hall–Kier alpha value is -9.31. The highest BCUT2D eigenvalue weighted by Crippen LogP contribution is 2.45. The third-order valence-corrected chi connectivity index (χ3v) is 11.3. The van der Waals surface area contributed by atoms with Crippen molar-refractivity contribution >= 4 is 57.3 Å². The normalized spacial score (nSPS) is 11.5. The highest BCUT2D eigenvalue weighted by atomic mass is 16.4. The van der Waals surface area contributed by atoms with Crippen molar-refractivity contribution in [1.82, 2.24) is 15.2 Å². The van der Waals surface area contributed by atoms with Crippen LogP contribution in [0.1, 0.15) is 47.0 Å². The van der Waals surface area contributed by atoms with Crippen molar-refractivity contribution in [3.8, 4) is 50.7 Å². The fourth-order valence-corrected chi connectivity index (χ4v) is 7.97. The van der Waals surface area contributed by atoms with E-state index in [0.717, 1.165) is 17.1 Å². The molecule has 4 aliphatic rings. The molecule has 68 heavy (non-hydrogen) atoms. The second-order valence-corrected chi connectivity index (χ2v) is 15.7. The first kappa shape index (κ1) is 45.3. The third kappa shape index (κ3) is 8.88. The van der Waals surface area contributed by atoms with Gasteiger partial charge in [0.05, 0.1) is 34.9 Å². The maximum absolute atomic E-state index is 13.3. The lowest BCUT2D eigenvalue weighted by molar-refractivity contribution is -0.116. The molecular weight excluding hydrogens is 873 g/mol. The van der Waals surface area contributed by atoms with Crippen LogP contribution < -0.4 is 31.3 Å². The van der Waals surface area contributed by atoms with Crippen molar-refractivity contribution in [2.45, 2.75) is 6.54 Å². The summed E-state index contributed by atoms with van der Waals surface area (Å²) in [6.07, 6.45) is 5.71. The molecule has 0 fully saturated rings. The zero-order valence-electron chi connectivity index (χ0n) is 36.5. The summed E-state index contributed by atoms with van der Waals surface area (Å²) in [4.78, 5) is 75.5. The number of amides is 2. The average molecular weight is 914 g/mol. The molecule has 0 unspecified atom stereocenters. The number of nitrogens with zero attached hydrogens (tertiary/aromatic N) is 1. The van der Waals surface area contributed by atoms with Gasteiger partial charge in [-0.3, -0.25) is 14.4 Å². The van der Waals surface area contributed by atoms with Crippen molar-refractivity contribution in [2.24, 2.45) is 0 Å². The van der Waals surface area contributed by atoms with E-state index in [0.29, 0.717) is 49.9 Å². The summed E-state index contributed by atoms with van der Waals surface area (Å²) in [5.74, 6) is -4.72. The number of carboxylic acids is 3. The number of nitrogens with one attached hydrogen (secondary N) is 3. The number of carbonyl (C=O) groups excluding carboxylic acids is 2. The summed E-state index contributed by atoms with van der Waals surface area (Å²) in [6.45, 7) is -0.235. The van der Waals surface area contributed by atoms with Gasteiger partial charge in [-0.25, -0.2) is 19.0 Å². The Balaban J connectivity index is 0.983. The minimum atomic E-state index is -1.40. The first-order chi connectivity index (χ1) is 32.6. The number of fused-ring (bicyclic) bond motifs is 4. The summed E-state index contributed by atoms with van der Waals surface area (Å²) in [6, 6.07) is 26.2. The molecule has 2 aliphatic heterocycles. The molecule has 2 aliphatic carbocycles. The zero-order chi connectivity index (χ0) is 48.4. The highest BCUT2D eigenvalue weighted by Gasteiger charge is 2.26. The molecule has 2 heterocycles. The standard InChI is InChI=1S/C52H40N4O12/c1-53-29-10-15-34-42(23-29)67-43-24-30(56(2)3)11-16-35(43)46(34)32-13-8-27(21-38(32)51(63)64)49(60)54-20-6-4-5-7-45(59)55-26-40-41(58)19-18-37-47(36-17-12-31(57)25-44(36)68-48(37)40)33-14-9-28(50(61)62)22-39(33)52(65)66/h4-19,21-25H,20,26H2,1-3H3,(H6,54,55,57,58,59,60,61,62,63,64,65,66)/p+1/b6-4+,7-5+. The van der Waals surface area contributed by atoms with E-state index in [1.807, 2.05) is 55.1 Å². The Bertz CT molecular complexity index is 3540. The van der Waals surface area contributed by atoms with Crippen LogP contribution in [0, 0.1) is 0 Å². The van der Waals surface area contributed by atoms with Crippen LogP contribution in [0.5, 0.6) is 5.75 Å². The van der Waals surface area contributed by atoms with Crippen LogP contribution in [0.25, 0.3) is 66.8 Å². The van der Waals surface area contributed by atoms with E-state index in [1.165, 1.54) is 66.8 Å². The number of rotatable bonds is 13. The topological polar surface area (TPSA) is 249 Å². The first-order valence-electron chi connectivity index (χ1n) is 20.9. The molecule has 16 nitrogen and oxygen atoms in total. The molecule has 4 aromatic rings. The van der Waals surface area contributed by atoms with Gasteiger partial charge in [0.2, 0.25) is 11.3 Å². The number of carboxylic acid groups (broad SMARTS) is 3. The Morgan fingerprint density at radius 3 is 1.96 bits per heavy atom. The van der Waals surface area contributed by atoms with Crippen LogP contribution in [0.15, 0.2) is 141 Å². The van der Waals surface area contributed by atoms with E-state index in [4.69, 9.17) is 8.83 Å². The number of allylic oxidation sites excluding steroid dienone is 2. The van der Waals surface area contributed by atoms with E-state index in [1.54, 1.807) is 25.3 Å². The van der Waals surface area contributed by atoms with Gasteiger partial charge in [-0.05, 0) is 77.9 Å². The van der Waals surface area contributed by atoms with Crippen molar-refractivity contribution in [3.63, 3.8) is 0 Å². The average Bonchev–Trinajstić information content (AvgIpc) is 3.32. The van der Waals surface area contributed by atoms with Crippen molar-refractivity contribution in [3.05, 3.63) is 171 Å². The summed E-state index contributed by atoms with van der Waals surface area (Å²) in [7, 11) is 5.60. The maximum Gasteiger partial charge on any atom is 0.336 e. The van der Waals surface area contributed by atoms with Gasteiger partial charge in [0.1, 0.15) is 42.5 Å². The molecule has 0 saturated heterocycles. The van der Waals surface area contributed by atoms with Gasteiger partial charge in [-0.1, -0.05) is 30.4 Å². The predicted molar refractivity (Wildman–Crippen MR) is 254 cm³/mol. The second kappa shape index (κ2) is 18.7. The van der Waals surface area contributed by atoms with E-state index in [-0.39, 0.29) is 63.6 Å². The van der Waals surface area contributed by atoms with Crippen LogP contribution >= 0.6 is 0 Å². The van der Waals surface area contributed by atoms with Gasteiger partial charge >= 0.3 is 17.9 Å². The number of phenolic OH excluding ortho intramolecular Hbond substituents is 1. The number of anilines is 1. The van der Waals surface area contributed by atoms with Crippen LogP contribution in [0.2, 0.25) is 0 Å². The van der Waals surface area contributed by atoms with Crippen molar-refractivity contribution < 1.29 is 53.2 Å². The summed E-state index contributed by atoms with van der Waals surface area (Å²) in [5.41, 5.74) is 3.07. The number of phenols is 1. The second-order valence-electron chi connectivity index (χ2n) is 15.7. The van der Waals surface area contributed by atoms with Crippen LogP contribution in [-0.4, -0.2) is 77.8 Å². The van der Waals surface area contributed by atoms with Gasteiger partial charge in [-0.15, -0.1) is 0 Å². The summed E-state index contributed by atoms with van der Waals surface area (Å²) < 4.78 is 14.4. The molecule has 0 aromatic heterocycles. The molecule has 0 radical (unpaired) electrons. The smallest absolute Gasteiger partial charge is 0.336 e. The summed E-state index contributed by atoms with van der Waals surface area (Å²) >= 11 is 0. The molecule has 2 amide bonds. The number of hydrogen-bond acceptors (Lipinski definition) is 10. The fraction of sp³-hybridized carbons (Fsp3) is 0.0962. The van der Waals surface area contributed by atoms with Gasteiger partial charge in [0.25, 0.3) is 5.91 Å². The van der Waals surface area contributed by atoms with Gasteiger partial charge in [-0.2, -0.15) is 0 Å². The zero-order valence-corrected chi connectivity index (χ0v) is 36.5. The van der Waals surface area contributed by atoms with E-state index in [2.05, 4.69) is 16.0 Å². The van der Waals surface area contributed by atoms with E-state index < -0.39 is 35.2 Å². The number of benzene rings is 6. The molecule has 16 heteroatoms. The minimum absolute atomic E-state index is 0.0296. The van der Waals surface area contributed by atoms with Crippen LogP contribution in [-0.2, 0) is 11.3 Å². The van der Waals surface area contributed by atoms with Crippen molar-refractivity contribution in [1.29, 1.82) is 0 Å². The van der Waals surface area contributed by atoms with Crippen molar-refractivity contribution in [2.75, 3.05) is 33.0 Å². The molecule has 0 spiro atoms. The highest BCUT2D eigenvalue weighted by molar-refractivity contribution is 6.11. The molecular formula is C52H41N4O12+. The van der Waals surface area contributed by atoms with Gasteiger partial charge < -0.3 is 45.2 Å². The van der Waals surface area contributed by atoms with Gasteiger partial charge in [0.15, 0.2) is 5.43 Å². The predicted octanol–water partition coefficient (Wildman–Crippen LogP) is 7.12. The van der Waals surface area contributed by atoms with Crippen LogP contribution in [0.3, 0.4) is 0 Å². The lowest BCUT2D eigenvalue weighted by Crippen LogP contribution is -2.23. The molecule has 7 N–H and O–H groups in total. The Kier molecular flexibility index (Phi) is 12.4. The van der Waals surface area contributed by atoms with Crippen LogP contribution in [0.4, 0.5) is 5.69 Å². The maximum atomic E-state index is 13.3. The molecule has 0 bridgehead atoms. The van der Waals surface area contributed by atoms with E-state index in [9.17, 15) is 49.2 Å². The number of hydrogen-bond donors (Lipinski definition) is 7. The summed E-state index contributed by atoms with van der Waals surface area (Å²) in [5, 5.41) is 51.4. The van der Waals surface area contributed by atoms with E-state index >= 15 is 0 Å². The minimum Gasteiger partial charge on any atom is -0.507 e. The largest absolute Gasteiger partial charge is 0.507 e. The Morgan fingerprint density at radius 1 is 0.647 bits per heavy atom. The third-order valence-electron chi connectivity index (χ3n) is 11.3. The lowest BCUT2D eigenvalue weighted by Gasteiger charge is -2.19. The lowest BCUT2D eigenvalue weighted by atomic mass is 9.89. The SMILES string of the molecule is CNc1ccc2c(-c3ccc(C(=O)NC/C=C/C=C/C(=O)NCc4c(O)ccc5c(-c6ccc(C(=O)O)cc6C(=O)O)c6ccc(=O)cc-6oc45)cc3C(=O)O)c3ccc(=[N+](C)C)cc-3oc2c1. The molecule has 0 atom stereocenters. The number of aromatic hydroxyl groups is 1. The molecule has 0 saturated carbocycles. The number of aromatic carboxylic acids is 3.